The van der Waals surface area contributed by atoms with Crippen molar-refractivity contribution in [1.82, 2.24) is 24.9 Å². The van der Waals surface area contributed by atoms with Gasteiger partial charge < -0.3 is 15.8 Å². The Balaban J connectivity index is 1.37. The smallest absolute Gasteiger partial charge is 0.165 e. The van der Waals surface area contributed by atoms with Gasteiger partial charge in [0.1, 0.15) is 11.6 Å². The van der Waals surface area contributed by atoms with E-state index in [9.17, 15) is 0 Å². The number of nitrogens with zero attached hydrogens (tertiary/aromatic N) is 4. The van der Waals surface area contributed by atoms with Gasteiger partial charge >= 0.3 is 0 Å². The van der Waals surface area contributed by atoms with E-state index >= 15 is 0 Å². The first kappa shape index (κ1) is 20.1. The minimum Gasteiger partial charge on any atom is -0.493 e. The maximum atomic E-state index is 6.44. The van der Waals surface area contributed by atoms with E-state index in [0.717, 1.165) is 44.4 Å². The first-order valence-corrected chi connectivity index (χ1v) is 11.6. The first-order valence-electron chi connectivity index (χ1n) is 10.8. The number of hydrogen-bond donors (Lipinski definition) is 2. The van der Waals surface area contributed by atoms with Crippen LogP contribution in [0.5, 0.6) is 5.75 Å². The second kappa shape index (κ2) is 8.13. The number of nitrogens with two attached hydrogens (primary N) is 1. The van der Waals surface area contributed by atoms with Crippen molar-refractivity contribution in [3.05, 3.63) is 82.7 Å². The van der Waals surface area contributed by atoms with Gasteiger partial charge in [-0.1, -0.05) is 36.4 Å². The zero-order valence-electron chi connectivity index (χ0n) is 17.7. The number of nitrogens with one attached hydrogen (secondary N) is 1. The number of para-hydroxylation sites is 2. The van der Waals surface area contributed by atoms with Crippen molar-refractivity contribution < 1.29 is 4.74 Å². The Morgan fingerprint density at radius 2 is 1.97 bits per heavy atom. The van der Waals surface area contributed by atoms with Gasteiger partial charge in [-0.2, -0.15) is 9.61 Å². The SMILES string of the molecule is Nc1c(Br)c(CNC2CCOc3ccccc32)nc2c(-c3cnc4ccccc4c3)cnn12. The molecule has 6 rings (SSSR count). The summed E-state index contributed by atoms with van der Waals surface area (Å²) in [4.78, 5) is 9.54. The number of anilines is 1. The summed E-state index contributed by atoms with van der Waals surface area (Å²) in [5.74, 6) is 1.45. The molecule has 0 aliphatic carbocycles. The fraction of sp³-hybridized carbons (Fsp3) is 0.160. The van der Waals surface area contributed by atoms with E-state index in [1.165, 1.54) is 5.56 Å². The molecule has 0 saturated heterocycles. The molecule has 5 aromatic rings. The zero-order valence-corrected chi connectivity index (χ0v) is 19.3. The van der Waals surface area contributed by atoms with Crippen LogP contribution in [-0.2, 0) is 6.54 Å². The number of ether oxygens (including phenoxy) is 1. The summed E-state index contributed by atoms with van der Waals surface area (Å²) in [6, 6.07) is 18.5. The molecule has 3 N–H and O–H groups in total. The highest BCUT2D eigenvalue weighted by Crippen LogP contribution is 2.33. The molecule has 4 heterocycles. The van der Waals surface area contributed by atoms with Crippen LogP contribution in [0.25, 0.3) is 27.7 Å². The van der Waals surface area contributed by atoms with E-state index in [1.807, 2.05) is 42.6 Å². The summed E-state index contributed by atoms with van der Waals surface area (Å²) >= 11 is 3.63. The van der Waals surface area contributed by atoms with E-state index in [1.54, 1.807) is 10.7 Å². The van der Waals surface area contributed by atoms with Gasteiger partial charge in [-0.3, -0.25) is 4.98 Å². The van der Waals surface area contributed by atoms with Crippen LogP contribution in [-0.4, -0.2) is 26.2 Å². The van der Waals surface area contributed by atoms with Crippen molar-refractivity contribution in [3.63, 3.8) is 0 Å². The number of pyridine rings is 1. The molecule has 0 radical (unpaired) electrons. The predicted molar refractivity (Wildman–Crippen MR) is 132 cm³/mol. The number of hydrogen-bond acceptors (Lipinski definition) is 6. The lowest BCUT2D eigenvalue weighted by molar-refractivity contribution is 0.252. The Labute approximate surface area is 198 Å². The quantitative estimate of drug-likeness (QED) is 0.364. The molecule has 0 fully saturated rings. The average molecular weight is 501 g/mol. The van der Waals surface area contributed by atoms with Crippen molar-refractivity contribution >= 4 is 38.3 Å². The normalized spacial score (nSPS) is 15.5. The molecule has 1 aliphatic rings. The summed E-state index contributed by atoms with van der Waals surface area (Å²) in [6.45, 7) is 1.24. The predicted octanol–water partition coefficient (Wildman–Crippen LogP) is 4.90. The van der Waals surface area contributed by atoms with Gasteiger partial charge in [0.2, 0.25) is 0 Å². The van der Waals surface area contributed by atoms with Crippen molar-refractivity contribution in [3.8, 4) is 16.9 Å². The molecular formula is C25H21BrN6O. The lowest BCUT2D eigenvalue weighted by Gasteiger charge is -2.26. The van der Waals surface area contributed by atoms with Crippen LogP contribution >= 0.6 is 15.9 Å². The molecule has 0 amide bonds. The summed E-state index contributed by atoms with van der Waals surface area (Å²) in [5, 5.41) is 9.19. The highest BCUT2D eigenvalue weighted by molar-refractivity contribution is 9.10. The highest BCUT2D eigenvalue weighted by Gasteiger charge is 2.22. The third-order valence-corrected chi connectivity index (χ3v) is 6.93. The van der Waals surface area contributed by atoms with Gasteiger partial charge in [-0.25, -0.2) is 4.98 Å². The number of benzene rings is 2. The summed E-state index contributed by atoms with van der Waals surface area (Å²) < 4.78 is 8.20. The van der Waals surface area contributed by atoms with Crippen LogP contribution in [0.3, 0.4) is 0 Å². The van der Waals surface area contributed by atoms with Gasteiger partial charge in [0.05, 0.1) is 28.5 Å². The van der Waals surface area contributed by atoms with E-state index < -0.39 is 0 Å². The van der Waals surface area contributed by atoms with Gasteiger partial charge in [-0.05, 0) is 34.1 Å². The van der Waals surface area contributed by atoms with Crippen LogP contribution in [0.4, 0.5) is 5.82 Å². The maximum absolute atomic E-state index is 6.44. The lowest BCUT2D eigenvalue weighted by atomic mass is 10.0. The maximum Gasteiger partial charge on any atom is 0.165 e. The van der Waals surface area contributed by atoms with Crippen LogP contribution in [0.1, 0.15) is 23.7 Å². The van der Waals surface area contributed by atoms with Gasteiger partial charge in [0.15, 0.2) is 5.65 Å². The Kier molecular flexibility index (Phi) is 4.96. The average Bonchev–Trinajstić information content (AvgIpc) is 3.29. The first-order chi connectivity index (χ1) is 16.2. The summed E-state index contributed by atoms with van der Waals surface area (Å²) in [5.41, 5.74) is 11.9. The number of halogens is 1. The molecule has 0 spiro atoms. The molecule has 1 unspecified atom stereocenters. The van der Waals surface area contributed by atoms with Crippen molar-refractivity contribution in [2.45, 2.75) is 19.0 Å². The highest BCUT2D eigenvalue weighted by atomic mass is 79.9. The topological polar surface area (TPSA) is 90.4 Å². The molecule has 2 aromatic carbocycles. The minimum absolute atomic E-state index is 0.190. The van der Waals surface area contributed by atoms with Crippen LogP contribution < -0.4 is 15.8 Å². The third-order valence-electron chi connectivity index (χ3n) is 6.07. The molecule has 33 heavy (non-hydrogen) atoms. The number of nitrogen functional groups attached to an aromatic ring is 1. The molecule has 8 heteroatoms. The fourth-order valence-electron chi connectivity index (χ4n) is 4.36. The van der Waals surface area contributed by atoms with E-state index in [0.29, 0.717) is 24.6 Å². The van der Waals surface area contributed by atoms with E-state index in [-0.39, 0.29) is 6.04 Å². The van der Waals surface area contributed by atoms with Crippen LogP contribution in [0.2, 0.25) is 0 Å². The minimum atomic E-state index is 0.190. The Bertz CT molecular complexity index is 1500. The number of rotatable bonds is 4. The summed E-state index contributed by atoms with van der Waals surface area (Å²) in [7, 11) is 0. The molecule has 3 aromatic heterocycles. The molecule has 1 aliphatic heterocycles. The van der Waals surface area contributed by atoms with Crippen LogP contribution in [0, 0.1) is 0 Å². The zero-order chi connectivity index (χ0) is 22.4. The summed E-state index contributed by atoms with van der Waals surface area (Å²) in [6.07, 6.45) is 4.55. The fourth-order valence-corrected chi connectivity index (χ4v) is 4.75. The van der Waals surface area contributed by atoms with Crippen molar-refractivity contribution in [1.29, 1.82) is 0 Å². The molecule has 164 valence electrons. The lowest BCUT2D eigenvalue weighted by Crippen LogP contribution is -2.27. The number of fused-ring (bicyclic) bond motifs is 3. The van der Waals surface area contributed by atoms with Gasteiger partial charge in [0.25, 0.3) is 0 Å². The molecule has 1 atom stereocenters. The van der Waals surface area contributed by atoms with E-state index in [2.05, 4.69) is 49.5 Å². The number of aromatic nitrogens is 4. The molecular weight excluding hydrogens is 480 g/mol. The van der Waals surface area contributed by atoms with Crippen LogP contribution in [0.15, 0.2) is 71.5 Å². The second-order valence-electron chi connectivity index (χ2n) is 8.08. The second-order valence-corrected chi connectivity index (χ2v) is 8.87. The van der Waals surface area contributed by atoms with E-state index in [4.69, 9.17) is 15.5 Å². The van der Waals surface area contributed by atoms with Gasteiger partial charge in [-0.15, -0.1) is 0 Å². The van der Waals surface area contributed by atoms with Crippen molar-refractivity contribution in [2.24, 2.45) is 0 Å². The molecule has 0 bridgehead atoms. The monoisotopic (exact) mass is 500 g/mol. The Morgan fingerprint density at radius 1 is 1.12 bits per heavy atom. The van der Waals surface area contributed by atoms with Gasteiger partial charge in [0, 0.05) is 47.3 Å². The van der Waals surface area contributed by atoms with Crippen molar-refractivity contribution in [2.75, 3.05) is 12.3 Å². The third kappa shape index (κ3) is 3.51. The molecule has 7 nitrogen and oxygen atoms in total. The largest absolute Gasteiger partial charge is 0.493 e. The molecule has 0 saturated carbocycles. The standard InChI is InChI=1S/C25H21BrN6O/c26-23-21(14-29-20-9-10-33-22-8-4-2-6-17(20)22)31-25-18(13-30-32(25)24(23)27)16-11-15-5-1-3-7-19(15)28-12-16/h1-8,11-13,20,29H,9-10,14,27H2. The Hall–Kier alpha value is -3.49. The Morgan fingerprint density at radius 3 is 2.91 bits per heavy atom.